The highest BCUT2D eigenvalue weighted by atomic mass is 16.5. The molecule has 0 aromatic rings. The zero-order chi connectivity index (χ0) is 10.2. The maximum Gasteiger partial charge on any atom is 0.0629 e. The van der Waals surface area contributed by atoms with Crippen LogP contribution in [-0.2, 0) is 4.74 Å². The van der Waals surface area contributed by atoms with Crippen molar-refractivity contribution in [2.75, 3.05) is 0 Å². The molecule has 78 valence electrons. The van der Waals surface area contributed by atoms with Crippen molar-refractivity contribution >= 4 is 0 Å². The molecule has 1 aliphatic rings. The Morgan fingerprint density at radius 3 is 1.85 bits per heavy atom. The van der Waals surface area contributed by atoms with Crippen molar-refractivity contribution in [3.63, 3.8) is 0 Å². The van der Waals surface area contributed by atoms with E-state index in [4.69, 9.17) is 4.74 Å². The van der Waals surface area contributed by atoms with Gasteiger partial charge in [0.1, 0.15) is 0 Å². The van der Waals surface area contributed by atoms with Crippen LogP contribution in [0, 0.1) is 23.7 Å². The van der Waals surface area contributed by atoms with Gasteiger partial charge in [-0.3, -0.25) is 0 Å². The van der Waals surface area contributed by atoms with E-state index in [1.807, 2.05) is 0 Å². The second-order valence-electron chi connectivity index (χ2n) is 5.13. The fraction of sp³-hybridized carbons (Fsp3) is 1.00. The average Bonchev–Trinajstić information content (AvgIpc) is 2.07. The van der Waals surface area contributed by atoms with Crippen molar-refractivity contribution in [2.24, 2.45) is 23.7 Å². The largest absolute Gasteiger partial charge is 0.374 e. The van der Waals surface area contributed by atoms with E-state index in [-0.39, 0.29) is 0 Å². The van der Waals surface area contributed by atoms with E-state index in [1.54, 1.807) is 0 Å². The zero-order valence-corrected chi connectivity index (χ0v) is 9.87. The molecule has 1 aliphatic heterocycles. The summed E-state index contributed by atoms with van der Waals surface area (Å²) < 4.78 is 6.04. The number of ether oxygens (including phenoxy) is 1. The van der Waals surface area contributed by atoms with Crippen LogP contribution < -0.4 is 0 Å². The Kier molecular flexibility index (Phi) is 3.39. The monoisotopic (exact) mass is 184 g/mol. The van der Waals surface area contributed by atoms with E-state index in [1.165, 1.54) is 0 Å². The lowest BCUT2D eigenvalue weighted by molar-refractivity contribution is -0.141. The number of rotatable bonds is 1. The van der Waals surface area contributed by atoms with Crippen LogP contribution in [0.1, 0.15) is 41.5 Å². The van der Waals surface area contributed by atoms with Crippen LogP contribution in [0.3, 0.4) is 0 Å². The molecule has 5 atom stereocenters. The molecule has 13 heavy (non-hydrogen) atoms. The fourth-order valence-corrected chi connectivity index (χ4v) is 2.47. The van der Waals surface area contributed by atoms with E-state index in [0.29, 0.717) is 30.0 Å². The van der Waals surface area contributed by atoms with Crippen molar-refractivity contribution in [1.82, 2.24) is 0 Å². The highest BCUT2D eigenvalue weighted by molar-refractivity contribution is 4.85. The van der Waals surface area contributed by atoms with Crippen molar-refractivity contribution in [3.05, 3.63) is 0 Å². The van der Waals surface area contributed by atoms with E-state index in [0.717, 1.165) is 5.92 Å². The van der Waals surface area contributed by atoms with Gasteiger partial charge in [-0.15, -0.1) is 0 Å². The molecular formula is C12H24O. The molecule has 0 aromatic carbocycles. The predicted octanol–water partition coefficient (Wildman–Crippen LogP) is 3.34. The van der Waals surface area contributed by atoms with Crippen LogP contribution >= 0.6 is 0 Å². The lowest BCUT2D eigenvalue weighted by Crippen LogP contribution is -2.45. The van der Waals surface area contributed by atoms with E-state index >= 15 is 0 Å². The van der Waals surface area contributed by atoms with Crippen LogP contribution in [0.2, 0.25) is 0 Å². The highest BCUT2D eigenvalue weighted by Crippen LogP contribution is 2.37. The first-order valence-electron chi connectivity index (χ1n) is 5.60. The minimum absolute atomic E-state index is 0.429. The van der Waals surface area contributed by atoms with Gasteiger partial charge in [0, 0.05) is 0 Å². The normalized spacial score (nSPS) is 46.8. The third kappa shape index (κ3) is 2.07. The number of hydrogen-bond donors (Lipinski definition) is 0. The zero-order valence-electron chi connectivity index (χ0n) is 9.87. The Hall–Kier alpha value is -0.0400. The maximum atomic E-state index is 6.04. The van der Waals surface area contributed by atoms with Gasteiger partial charge in [-0.1, -0.05) is 34.6 Å². The Bertz CT molecular complexity index is 165. The second-order valence-corrected chi connectivity index (χ2v) is 5.13. The Balaban J connectivity index is 2.70. The molecule has 1 fully saturated rings. The van der Waals surface area contributed by atoms with Crippen molar-refractivity contribution in [3.8, 4) is 0 Å². The second kappa shape index (κ2) is 4.00. The molecular weight excluding hydrogens is 160 g/mol. The highest BCUT2D eigenvalue weighted by Gasteiger charge is 2.37. The molecule has 1 rings (SSSR count). The minimum atomic E-state index is 0.429. The number of hydrogen-bond acceptors (Lipinski definition) is 1. The smallest absolute Gasteiger partial charge is 0.0629 e. The molecule has 0 aromatic heterocycles. The maximum absolute atomic E-state index is 6.04. The van der Waals surface area contributed by atoms with Crippen LogP contribution in [0.4, 0.5) is 0 Å². The van der Waals surface area contributed by atoms with E-state index < -0.39 is 0 Å². The minimum Gasteiger partial charge on any atom is -0.374 e. The van der Waals surface area contributed by atoms with Gasteiger partial charge in [-0.05, 0) is 30.6 Å². The summed E-state index contributed by atoms with van der Waals surface area (Å²) in [4.78, 5) is 0. The average molecular weight is 184 g/mol. The summed E-state index contributed by atoms with van der Waals surface area (Å²) in [6.45, 7) is 13.7. The summed E-state index contributed by atoms with van der Waals surface area (Å²) in [5.74, 6) is 2.83. The fourth-order valence-electron chi connectivity index (χ4n) is 2.47. The summed E-state index contributed by atoms with van der Waals surface area (Å²) in [7, 11) is 0. The van der Waals surface area contributed by atoms with Gasteiger partial charge >= 0.3 is 0 Å². The van der Waals surface area contributed by atoms with Crippen LogP contribution in [-0.4, -0.2) is 12.2 Å². The van der Waals surface area contributed by atoms with Gasteiger partial charge < -0.3 is 4.74 Å². The van der Waals surface area contributed by atoms with Crippen LogP contribution in [0.15, 0.2) is 0 Å². The molecule has 0 radical (unpaired) electrons. The summed E-state index contributed by atoms with van der Waals surface area (Å²) in [5, 5.41) is 0. The Labute approximate surface area is 82.9 Å². The Morgan fingerprint density at radius 1 is 0.846 bits per heavy atom. The predicted molar refractivity (Wildman–Crippen MR) is 56.7 cm³/mol. The lowest BCUT2D eigenvalue weighted by atomic mass is 9.74. The van der Waals surface area contributed by atoms with Gasteiger partial charge in [-0.2, -0.15) is 0 Å². The third-order valence-electron chi connectivity index (χ3n) is 3.95. The molecule has 1 saturated heterocycles. The van der Waals surface area contributed by atoms with Crippen molar-refractivity contribution in [1.29, 1.82) is 0 Å². The molecule has 0 unspecified atom stereocenters. The van der Waals surface area contributed by atoms with Gasteiger partial charge in [-0.25, -0.2) is 0 Å². The molecule has 1 heteroatoms. The van der Waals surface area contributed by atoms with E-state index in [9.17, 15) is 0 Å². The van der Waals surface area contributed by atoms with Gasteiger partial charge in [0.25, 0.3) is 0 Å². The lowest BCUT2D eigenvalue weighted by Gasteiger charge is -2.44. The standard InChI is InChI=1S/C12H24O/c1-7(2)12-10(5)8(3)9(4)11(6)13-12/h7-12H,1-6H3/t8-,9+,10+,11-,12+/m1/s1. The Morgan fingerprint density at radius 2 is 1.38 bits per heavy atom. The van der Waals surface area contributed by atoms with Gasteiger partial charge in [0.2, 0.25) is 0 Å². The molecule has 0 amide bonds. The molecule has 1 heterocycles. The third-order valence-corrected chi connectivity index (χ3v) is 3.95. The van der Waals surface area contributed by atoms with Crippen molar-refractivity contribution in [2.45, 2.75) is 53.8 Å². The quantitative estimate of drug-likeness (QED) is 0.607. The molecule has 0 aliphatic carbocycles. The van der Waals surface area contributed by atoms with Crippen LogP contribution in [0.25, 0.3) is 0 Å². The SMILES string of the molecule is CC(C)[C@@H]1O[C@H](C)[C@@H](C)[C@@H](C)[C@@H]1C. The molecule has 0 spiro atoms. The first-order valence-corrected chi connectivity index (χ1v) is 5.60. The topological polar surface area (TPSA) is 9.23 Å². The molecule has 0 saturated carbocycles. The summed E-state index contributed by atoms with van der Waals surface area (Å²) in [6, 6.07) is 0. The van der Waals surface area contributed by atoms with Crippen molar-refractivity contribution < 1.29 is 4.74 Å². The summed E-state index contributed by atoms with van der Waals surface area (Å²) >= 11 is 0. The molecule has 1 nitrogen and oxygen atoms in total. The van der Waals surface area contributed by atoms with Gasteiger partial charge in [0.05, 0.1) is 12.2 Å². The summed E-state index contributed by atoms with van der Waals surface area (Å²) in [5.41, 5.74) is 0. The van der Waals surface area contributed by atoms with E-state index in [2.05, 4.69) is 41.5 Å². The molecule has 0 bridgehead atoms. The first kappa shape index (κ1) is 11.0. The van der Waals surface area contributed by atoms with Crippen LogP contribution in [0.5, 0.6) is 0 Å². The molecule has 0 N–H and O–H groups in total. The first-order chi connectivity index (χ1) is 5.95. The van der Waals surface area contributed by atoms with Gasteiger partial charge in [0.15, 0.2) is 0 Å². The summed E-state index contributed by atoms with van der Waals surface area (Å²) in [6.07, 6.45) is 0.889.